The van der Waals surface area contributed by atoms with Crippen molar-refractivity contribution in [2.75, 3.05) is 9.80 Å². The Morgan fingerprint density at radius 1 is 0.302 bits per heavy atom. The maximum atomic E-state index is 11.6. The molecule has 0 saturated carbocycles. The Hall–Kier alpha value is -10.8. The predicted molar refractivity (Wildman–Crippen MR) is 407 cm³/mol. The molecule has 13 aromatic rings. The summed E-state index contributed by atoms with van der Waals surface area (Å²) in [6.45, 7) is 16.1. The van der Waals surface area contributed by atoms with Gasteiger partial charge in [0.05, 0.1) is 33.3 Å². The standard InChI is InChI=1S/C90H74B2N2O2/c1-88(2,3)65-50-68(60-31-17-11-18-32-60)85(69(51-65)61-33-19-12-20-34-61)93-75-49-64(59-45-43-58(44-46-59)57-29-15-10-16-30-57)47-48-72(75)92-82-76(93)54-67(90(7,8)9)55-77(82)94(86-70(62-35-21-13-22-36-62)52-66(89(4,5)6)53-71(86)63-37-23-14-24-38-63)78-56-81-84-87(83(78)92)96-80-42-28-26-40-74(80)91(84)73-39-25-27-41-79(73)95-81/h10-56H,1-9H3/i25D,26D,27D,28D,39D,40D,41D,42D,43D,44D,45D,46D,47D,48D,49D,56D. The van der Waals surface area contributed by atoms with Crippen LogP contribution < -0.4 is 52.1 Å². The fraction of sp³-hybridized carbons (Fsp3) is 0.133. The molecule has 13 aromatic carbocycles. The highest BCUT2D eigenvalue weighted by Gasteiger charge is 2.51. The van der Waals surface area contributed by atoms with E-state index in [1.807, 2.05) is 131 Å². The number of fused-ring (bicyclic) bond motifs is 9. The molecule has 6 heteroatoms. The van der Waals surface area contributed by atoms with Crippen LogP contribution in [0.2, 0.25) is 0 Å². The van der Waals surface area contributed by atoms with E-state index >= 15 is 0 Å². The third kappa shape index (κ3) is 9.74. The van der Waals surface area contributed by atoms with E-state index in [1.54, 1.807) is 30.3 Å². The van der Waals surface area contributed by atoms with E-state index in [0.29, 0.717) is 56.0 Å². The van der Waals surface area contributed by atoms with E-state index < -0.39 is 126 Å². The van der Waals surface area contributed by atoms with Crippen molar-refractivity contribution in [2.24, 2.45) is 0 Å². The zero-order valence-electron chi connectivity index (χ0n) is 70.8. The van der Waals surface area contributed by atoms with Gasteiger partial charge in [-0.1, -0.05) is 286 Å². The molecule has 0 radical (unpaired) electrons. The molecule has 0 N–H and O–H groups in total. The van der Waals surface area contributed by atoms with Crippen LogP contribution in [-0.2, 0) is 16.2 Å². The highest BCUT2D eigenvalue weighted by Crippen LogP contribution is 2.56. The Kier molecular flexibility index (Phi) is 10.3. The fourth-order valence-corrected chi connectivity index (χ4v) is 14.3. The molecule has 0 atom stereocenters. The molecule has 0 unspecified atom stereocenters. The molecular formula is C90H74B2N2O2. The van der Waals surface area contributed by atoms with Crippen LogP contribution in [0.1, 0.15) is 101 Å². The summed E-state index contributed by atoms with van der Waals surface area (Å²) >= 11 is 0. The van der Waals surface area contributed by atoms with Gasteiger partial charge < -0.3 is 19.3 Å². The van der Waals surface area contributed by atoms with Crippen LogP contribution in [0.3, 0.4) is 0 Å². The lowest BCUT2D eigenvalue weighted by Crippen LogP contribution is -2.65. The van der Waals surface area contributed by atoms with Gasteiger partial charge >= 0.3 is 0 Å². The monoisotopic (exact) mass is 1250 g/mol. The maximum absolute atomic E-state index is 11.6. The van der Waals surface area contributed by atoms with Gasteiger partial charge in [0.1, 0.15) is 23.0 Å². The summed E-state index contributed by atoms with van der Waals surface area (Å²) in [5.74, 6) is -1.17. The van der Waals surface area contributed by atoms with E-state index in [2.05, 4.69) is 98.7 Å². The summed E-state index contributed by atoms with van der Waals surface area (Å²) in [6.07, 6.45) is 0. The van der Waals surface area contributed by atoms with Gasteiger partial charge in [0.15, 0.2) is 0 Å². The summed E-state index contributed by atoms with van der Waals surface area (Å²) in [5, 5.41) is 0. The highest BCUT2D eigenvalue weighted by atomic mass is 16.5. The van der Waals surface area contributed by atoms with Gasteiger partial charge in [-0.25, -0.2) is 0 Å². The van der Waals surface area contributed by atoms with Crippen molar-refractivity contribution in [2.45, 2.75) is 78.6 Å². The first-order valence-electron chi connectivity index (χ1n) is 40.7. The van der Waals surface area contributed by atoms with Gasteiger partial charge in [-0.2, -0.15) is 0 Å². The number of rotatable bonds is 8. The Morgan fingerprint density at radius 3 is 1.11 bits per heavy atom. The minimum Gasteiger partial charge on any atom is -0.459 e. The molecule has 4 aliphatic heterocycles. The van der Waals surface area contributed by atoms with Crippen molar-refractivity contribution in [1.82, 2.24) is 0 Å². The molecule has 0 spiro atoms. The highest BCUT2D eigenvalue weighted by molar-refractivity contribution is 7.03. The molecule has 0 saturated heterocycles. The second-order valence-electron chi connectivity index (χ2n) is 28.3. The number of hydrogen-bond donors (Lipinski definition) is 0. The number of para-hydroxylation sites is 2. The molecule has 462 valence electrons. The van der Waals surface area contributed by atoms with Crippen molar-refractivity contribution in [3.63, 3.8) is 0 Å². The van der Waals surface area contributed by atoms with E-state index in [1.165, 1.54) is 0 Å². The molecular weight excluding hydrogens is 1160 g/mol. The number of ether oxygens (including phenoxy) is 2. The summed E-state index contributed by atoms with van der Waals surface area (Å²) in [7, 11) is 0. The molecule has 0 fully saturated rings. The average Bonchev–Trinajstić information content (AvgIpc) is 0.663. The number of hydrogen-bond acceptors (Lipinski definition) is 4. The Morgan fingerprint density at radius 2 is 0.677 bits per heavy atom. The van der Waals surface area contributed by atoms with E-state index in [4.69, 9.17) is 9.47 Å². The first-order valence-corrected chi connectivity index (χ1v) is 32.7. The Bertz CT molecular complexity index is 6060. The molecule has 96 heavy (non-hydrogen) atoms. The zero-order valence-corrected chi connectivity index (χ0v) is 54.8. The second-order valence-corrected chi connectivity index (χ2v) is 28.3. The average molecular weight is 1250 g/mol. The summed E-state index contributed by atoms with van der Waals surface area (Å²) in [6, 6.07) is 52.0. The maximum Gasteiger partial charge on any atom is 0.260 e. The SMILES string of the molecule is [2H]c1c([2H])c([2H])c2c(c1[2H])Oc1c([2H])c3c(c4c1B2c1c([2H])c([2H])c([2H])c([2H])c1O4)B1c2c(cc(C(C)(C)C)cc2N3c2c(-c3ccccc3)cc(C(C)(C)C)cc2-c2ccccc2)N(c2c(-c3ccccc3)cc(C(C)(C)C)cc2-c2ccccc2)c2c([2H])c(-c3c([2H])c([2H])c(-c4ccccc4)c([2H])c3[2H])c([2H])c([2H])c21. The van der Waals surface area contributed by atoms with Crippen LogP contribution >= 0.6 is 0 Å². The first-order chi connectivity index (χ1) is 53.2. The number of benzene rings is 13. The van der Waals surface area contributed by atoms with Gasteiger partial charge in [0.2, 0.25) is 0 Å². The lowest BCUT2D eigenvalue weighted by Gasteiger charge is -2.48. The lowest BCUT2D eigenvalue weighted by atomic mass is 9.30. The van der Waals surface area contributed by atoms with Gasteiger partial charge in [-0.15, -0.1) is 0 Å². The topological polar surface area (TPSA) is 24.9 Å². The fourth-order valence-electron chi connectivity index (χ4n) is 14.3. The zero-order chi connectivity index (χ0) is 79.3. The van der Waals surface area contributed by atoms with Crippen LogP contribution in [0.25, 0.3) is 66.8 Å². The van der Waals surface area contributed by atoms with Crippen molar-refractivity contribution < 1.29 is 31.4 Å². The molecule has 0 bridgehead atoms. The summed E-state index contributed by atoms with van der Waals surface area (Å²) < 4.78 is 176. The van der Waals surface area contributed by atoms with Crippen LogP contribution in [0, 0.1) is 0 Å². The van der Waals surface area contributed by atoms with Gasteiger partial charge in [0.25, 0.3) is 13.4 Å². The molecule has 0 aliphatic carbocycles. The quantitative estimate of drug-likeness (QED) is 0.142. The predicted octanol–water partition coefficient (Wildman–Crippen LogP) is 20.4. The van der Waals surface area contributed by atoms with Crippen LogP contribution in [-0.4, -0.2) is 13.4 Å². The van der Waals surface area contributed by atoms with Gasteiger partial charge in [-0.05, 0) is 159 Å². The molecule has 4 heterocycles. The van der Waals surface area contributed by atoms with Crippen LogP contribution in [0.15, 0.2) is 285 Å². The van der Waals surface area contributed by atoms with Crippen molar-refractivity contribution in [3.8, 4) is 89.8 Å². The molecule has 0 aromatic heterocycles. The third-order valence-corrected chi connectivity index (χ3v) is 19.1. The Labute approximate surface area is 588 Å². The smallest absolute Gasteiger partial charge is 0.260 e. The number of nitrogens with zero attached hydrogens (tertiary/aromatic N) is 2. The van der Waals surface area contributed by atoms with E-state index in [0.717, 1.165) is 38.9 Å². The van der Waals surface area contributed by atoms with Gasteiger partial charge in [-0.3, -0.25) is 0 Å². The molecule has 4 aliphatic rings. The summed E-state index contributed by atoms with van der Waals surface area (Å²) in [5.41, 5.74) is 8.46. The van der Waals surface area contributed by atoms with E-state index in [9.17, 15) is 21.9 Å². The Balaban J connectivity index is 1.15. The van der Waals surface area contributed by atoms with Crippen LogP contribution in [0.5, 0.6) is 23.0 Å². The number of anilines is 6. The summed E-state index contributed by atoms with van der Waals surface area (Å²) in [4.78, 5) is 4.03. The normalized spacial score (nSPS) is 15.7. The van der Waals surface area contributed by atoms with Gasteiger partial charge in [0, 0.05) is 56.5 Å². The minimum atomic E-state index is -1.57. The lowest BCUT2D eigenvalue weighted by molar-refractivity contribution is 0.467. The van der Waals surface area contributed by atoms with Crippen molar-refractivity contribution in [3.05, 3.63) is 301 Å². The molecule has 0 amide bonds. The molecule has 4 nitrogen and oxygen atoms in total. The second kappa shape index (κ2) is 22.4. The van der Waals surface area contributed by atoms with Crippen LogP contribution in [0.4, 0.5) is 34.1 Å². The van der Waals surface area contributed by atoms with Crippen molar-refractivity contribution in [1.29, 1.82) is 0 Å². The van der Waals surface area contributed by atoms with Crippen molar-refractivity contribution >= 4 is 80.3 Å². The third-order valence-electron chi connectivity index (χ3n) is 19.1. The van der Waals surface area contributed by atoms with E-state index in [-0.39, 0.29) is 78.9 Å². The molecule has 17 rings (SSSR count). The first kappa shape index (κ1) is 44.0. The largest absolute Gasteiger partial charge is 0.459 e. The minimum absolute atomic E-state index is 0.00352.